The molecule has 436 valence electrons. The van der Waals surface area contributed by atoms with Gasteiger partial charge in [0.05, 0.1) is 39.3 Å². The molecule has 15 heteroatoms. The summed E-state index contributed by atoms with van der Waals surface area (Å²) in [7, 11) is 0. The molecule has 82 heavy (non-hydrogen) atoms. The lowest BCUT2D eigenvalue weighted by atomic mass is 9.90. The largest absolute Gasteiger partial charge is 0.333 e. The number of hydrogen-bond donors (Lipinski definition) is 4. The molecule has 0 aliphatic heterocycles. The minimum Gasteiger partial charge on any atom is -0.333 e. The van der Waals surface area contributed by atoms with Gasteiger partial charge in [-0.1, -0.05) is 209 Å². The molecule has 0 atom stereocenters. The lowest BCUT2D eigenvalue weighted by molar-refractivity contribution is -0.147. The highest BCUT2D eigenvalue weighted by Gasteiger charge is 2.32. The van der Waals surface area contributed by atoms with E-state index in [1.165, 1.54) is 32.4 Å². The third kappa shape index (κ3) is 21.6. The SMILES string of the molecule is CCCC.NCCCNCC(=O)N(CC(=O)N(CCCN)CC(=O)N(CC(=O)N(CCCN)CC(=O)N(CC=O)CC(c1ccccc1)c1ccccc1)CC(c1ccccc1)c1ccccc1)CC(c1ccccc1)c1ccccc1. The minimum absolute atomic E-state index is 0.0295. The zero-order valence-corrected chi connectivity index (χ0v) is 48.2. The van der Waals surface area contributed by atoms with Crippen molar-refractivity contribution in [2.24, 2.45) is 17.2 Å². The summed E-state index contributed by atoms with van der Waals surface area (Å²) >= 11 is 0. The van der Waals surface area contributed by atoms with E-state index in [4.69, 9.17) is 17.2 Å². The van der Waals surface area contributed by atoms with E-state index in [-0.39, 0.29) is 89.7 Å². The van der Waals surface area contributed by atoms with Gasteiger partial charge in [0.25, 0.3) is 0 Å². The van der Waals surface area contributed by atoms with Gasteiger partial charge in [-0.3, -0.25) is 24.0 Å². The van der Waals surface area contributed by atoms with Crippen molar-refractivity contribution >= 4 is 35.8 Å². The maximum atomic E-state index is 15.3. The van der Waals surface area contributed by atoms with Crippen molar-refractivity contribution in [2.45, 2.75) is 63.7 Å². The standard InChI is InChI=1S/C63H77N9O6.C4H10/c64-34-19-37-67-42-59(74)71(44-57(52-26-11-3-12-27-52)53-28-13-4-14-29-53)48-61(76)69(39-21-36-66)47-63(78)72(45-58(54-30-15-5-16-31-54)55-32-17-6-18-33-55)49-62(77)68(38-20-35-65)46-60(75)70(40-41-73)43-56(50-22-7-1-8-23-50)51-24-9-2-10-25-51;1-3-4-2/h1-18,22-33,41,56-58,67H,19-21,34-40,42-49,64-66H2;3-4H2,1-2H3. The van der Waals surface area contributed by atoms with Gasteiger partial charge in [0.2, 0.25) is 29.5 Å². The van der Waals surface area contributed by atoms with Crippen LogP contribution in [0.15, 0.2) is 182 Å². The third-order valence-corrected chi connectivity index (χ3v) is 14.4. The normalized spacial score (nSPS) is 10.9. The van der Waals surface area contributed by atoms with E-state index in [1.807, 2.05) is 182 Å². The number of rotatable bonds is 34. The van der Waals surface area contributed by atoms with E-state index in [9.17, 15) is 24.0 Å². The highest BCUT2D eigenvalue weighted by Crippen LogP contribution is 2.29. The average molecular weight is 1110 g/mol. The molecule has 0 aromatic heterocycles. The van der Waals surface area contributed by atoms with Gasteiger partial charge in [0, 0.05) is 50.5 Å². The first kappa shape index (κ1) is 65.0. The summed E-state index contributed by atoms with van der Waals surface area (Å²) in [6, 6.07) is 58.5. The minimum atomic E-state index is -0.514. The molecule has 0 aliphatic rings. The predicted molar refractivity (Wildman–Crippen MR) is 328 cm³/mol. The number of amides is 5. The highest BCUT2D eigenvalue weighted by atomic mass is 16.2. The molecule has 7 N–H and O–H groups in total. The Hall–Kier alpha value is -7.82. The van der Waals surface area contributed by atoms with Crippen molar-refractivity contribution in [3.8, 4) is 0 Å². The number of nitrogens with two attached hydrogens (primary N) is 3. The molecule has 0 saturated carbocycles. The second-order valence-corrected chi connectivity index (χ2v) is 20.4. The topological polar surface area (TPSA) is 209 Å². The molecule has 0 spiro atoms. The van der Waals surface area contributed by atoms with Gasteiger partial charge in [0.1, 0.15) is 6.29 Å². The molecule has 0 radical (unpaired) electrons. The van der Waals surface area contributed by atoms with Crippen LogP contribution in [0.25, 0.3) is 0 Å². The second-order valence-electron chi connectivity index (χ2n) is 20.4. The summed E-state index contributed by atoms with van der Waals surface area (Å²) in [5.41, 5.74) is 23.5. The number of unbranched alkanes of at least 4 members (excludes halogenated alkanes) is 1. The second kappa shape index (κ2) is 37.2. The van der Waals surface area contributed by atoms with Gasteiger partial charge in [-0.2, -0.15) is 0 Å². The van der Waals surface area contributed by atoms with Crippen molar-refractivity contribution in [1.29, 1.82) is 0 Å². The maximum absolute atomic E-state index is 15.3. The molecule has 6 rings (SSSR count). The quantitative estimate of drug-likeness (QED) is 0.0235. The van der Waals surface area contributed by atoms with Crippen molar-refractivity contribution in [2.75, 3.05) is 98.2 Å². The van der Waals surface area contributed by atoms with Crippen molar-refractivity contribution in [3.05, 3.63) is 215 Å². The molecular formula is C67H87N9O6. The highest BCUT2D eigenvalue weighted by molar-refractivity contribution is 5.92. The van der Waals surface area contributed by atoms with Gasteiger partial charge < -0.3 is 51.8 Å². The van der Waals surface area contributed by atoms with Gasteiger partial charge in [-0.05, 0) is 78.8 Å². The number of aldehydes is 1. The van der Waals surface area contributed by atoms with Crippen LogP contribution < -0.4 is 22.5 Å². The Morgan fingerprint density at radius 1 is 0.390 bits per heavy atom. The molecular weight excluding hydrogens is 1030 g/mol. The lowest BCUT2D eigenvalue weighted by Gasteiger charge is -2.34. The number of carbonyl (C=O) groups excluding carboxylic acids is 6. The number of nitrogens with zero attached hydrogens (tertiary/aromatic N) is 5. The van der Waals surface area contributed by atoms with Crippen LogP contribution in [0.1, 0.15) is 97.1 Å². The Bertz CT molecular complexity index is 2640. The summed E-state index contributed by atoms with van der Waals surface area (Å²) < 4.78 is 0. The Labute approximate surface area is 486 Å². The van der Waals surface area contributed by atoms with Crippen LogP contribution in [0, 0.1) is 0 Å². The first-order valence-corrected chi connectivity index (χ1v) is 29.0. The predicted octanol–water partition coefficient (Wildman–Crippen LogP) is 7.27. The van der Waals surface area contributed by atoms with Crippen LogP contribution in [0.4, 0.5) is 0 Å². The fourth-order valence-electron chi connectivity index (χ4n) is 9.60. The Balaban J connectivity index is 0.00000298. The zero-order chi connectivity index (χ0) is 58.7. The Morgan fingerprint density at radius 3 is 0.951 bits per heavy atom. The van der Waals surface area contributed by atoms with Gasteiger partial charge in [0.15, 0.2) is 0 Å². The average Bonchev–Trinajstić information content (AvgIpc) is 3.70. The number of hydrogen-bond acceptors (Lipinski definition) is 10. The summed E-state index contributed by atoms with van der Waals surface area (Å²) in [4.78, 5) is 93.5. The Kier molecular flexibility index (Phi) is 29.5. The van der Waals surface area contributed by atoms with Gasteiger partial charge in [-0.25, -0.2) is 0 Å². The van der Waals surface area contributed by atoms with Gasteiger partial charge >= 0.3 is 0 Å². The van der Waals surface area contributed by atoms with Crippen LogP contribution in [-0.4, -0.2) is 158 Å². The van der Waals surface area contributed by atoms with E-state index >= 15 is 4.79 Å². The molecule has 0 fully saturated rings. The van der Waals surface area contributed by atoms with E-state index in [0.717, 1.165) is 33.4 Å². The fraction of sp³-hybridized carbons (Fsp3) is 0.373. The maximum Gasteiger partial charge on any atom is 0.242 e. The van der Waals surface area contributed by atoms with Crippen molar-refractivity contribution in [1.82, 2.24) is 29.8 Å². The first-order chi connectivity index (χ1) is 40.0. The van der Waals surface area contributed by atoms with Crippen LogP contribution in [0.2, 0.25) is 0 Å². The summed E-state index contributed by atoms with van der Waals surface area (Å²) in [5, 5.41) is 3.18. The molecule has 0 unspecified atom stereocenters. The number of carbonyl (C=O) groups is 6. The number of nitrogens with one attached hydrogen (secondary N) is 1. The first-order valence-electron chi connectivity index (χ1n) is 29.0. The molecule has 5 amide bonds. The van der Waals surface area contributed by atoms with Gasteiger partial charge in [-0.15, -0.1) is 0 Å². The van der Waals surface area contributed by atoms with Crippen LogP contribution >= 0.6 is 0 Å². The van der Waals surface area contributed by atoms with Crippen molar-refractivity contribution in [3.63, 3.8) is 0 Å². The van der Waals surface area contributed by atoms with Crippen LogP contribution in [0.5, 0.6) is 0 Å². The summed E-state index contributed by atoms with van der Waals surface area (Å²) in [6.07, 6.45) is 4.71. The van der Waals surface area contributed by atoms with E-state index < -0.39 is 42.6 Å². The summed E-state index contributed by atoms with van der Waals surface area (Å²) in [5.74, 6) is -3.18. The van der Waals surface area contributed by atoms with Crippen LogP contribution in [0.3, 0.4) is 0 Å². The third-order valence-electron chi connectivity index (χ3n) is 14.4. The van der Waals surface area contributed by atoms with Crippen molar-refractivity contribution < 1.29 is 28.8 Å². The number of benzene rings is 6. The monoisotopic (exact) mass is 1110 g/mol. The van der Waals surface area contributed by atoms with Crippen LogP contribution in [-0.2, 0) is 28.8 Å². The zero-order valence-electron chi connectivity index (χ0n) is 48.2. The lowest BCUT2D eigenvalue weighted by Crippen LogP contribution is -2.52. The van der Waals surface area contributed by atoms with E-state index in [0.29, 0.717) is 38.6 Å². The smallest absolute Gasteiger partial charge is 0.242 e. The van der Waals surface area contributed by atoms with E-state index in [1.54, 1.807) is 4.90 Å². The molecule has 0 heterocycles. The molecule has 0 saturated heterocycles. The summed E-state index contributed by atoms with van der Waals surface area (Å²) in [6.45, 7) is 4.59. The molecule has 15 nitrogen and oxygen atoms in total. The molecule has 0 aliphatic carbocycles. The fourth-order valence-corrected chi connectivity index (χ4v) is 9.60. The molecule has 6 aromatic carbocycles. The Morgan fingerprint density at radius 2 is 0.659 bits per heavy atom. The van der Waals surface area contributed by atoms with E-state index in [2.05, 4.69) is 19.2 Å². The molecule has 6 aromatic rings. The molecule has 0 bridgehead atoms.